The molecule has 1 aromatic rings. The Morgan fingerprint density at radius 1 is 1.21 bits per heavy atom. The Balaban J connectivity index is 2.09. The first-order chi connectivity index (χ1) is 11.4. The lowest BCUT2D eigenvalue weighted by Gasteiger charge is -2.36. The smallest absolute Gasteiger partial charge is 0.303 e. The first-order valence-electron chi connectivity index (χ1n) is 8.18. The first-order valence-corrected chi connectivity index (χ1v) is 8.18. The molecule has 1 aliphatic rings. The number of hydrogen-bond acceptors (Lipinski definition) is 4. The number of amides is 1. The molecular formula is C18H25NO5. The highest BCUT2D eigenvalue weighted by Crippen LogP contribution is 2.27. The predicted molar refractivity (Wildman–Crippen MR) is 89.2 cm³/mol. The molecule has 1 aromatic carbocycles. The fourth-order valence-corrected chi connectivity index (χ4v) is 3.12. The number of benzene rings is 1. The Hall–Kier alpha value is -2.08. The molecule has 1 aliphatic heterocycles. The molecule has 6 heteroatoms. The van der Waals surface area contributed by atoms with Gasteiger partial charge >= 0.3 is 5.97 Å². The molecule has 0 spiro atoms. The van der Waals surface area contributed by atoms with Crippen LogP contribution in [0.2, 0.25) is 0 Å². The van der Waals surface area contributed by atoms with Crippen molar-refractivity contribution in [2.24, 2.45) is 0 Å². The molecule has 0 aromatic heterocycles. The molecule has 1 fully saturated rings. The summed E-state index contributed by atoms with van der Waals surface area (Å²) in [5.41, 5.74) is 0.834. The van der Waals surface area contributed by atoms with E-state index in [1.165, 1.54) is 0 Å². The largest absolute Gasteiger partial charge is 0.497 e. The molecule has 0 radical (unpaired) electrons. The predicted octanol–water partition coefficient (Wildman–Crippen LogP) is 2.28. The summed E-state index contributed by atoms with van der Waals surface area (Å²) in [5.74, 6) is -0.587. The lowest BCUT2D eigenvalue weighted by atomic mass is 9.91. The van der Waals surface area contributed by atoms with Crippen LogP contribution in [0.4, 0.5) is 0 Å². The number of carboxylic acid groups (broad SMARTS) is 1. The minimum absolute atomic E-state index is 0.00314. The van der Waals surface area contributed by atoms with E-state index in [4.69, 9.17) is 9.47 Å². The molecule has 1 saturated heterocycles. The minimum atomic E-state index is -0.910. The van der Waals surface area contributed by atoms with Gasteiger partial charge in [-0.3, -0.25) is 9.59 Å². The van der Waals surface area contributed by atoms with Gasteiger partial charge in [0.05, 0.1) is 25.7 Å². The van der Waals surface area contributed by atoms with E-state index in [9.17, 15) is 14.7 Å². The van der Waals surface area contributed by atoms with Crippen molar-refractivity contribution in [3.05, 3.63) is 29.8 Å². The van der Waals surface area contributed by atoms with Gasteiger partial charge in [-0.1, -0.05) is 12.1 Å². The average Bonchev–Trinajstić information content (AvgIpc) is 2.53. The standard InChI is InChI=1S/C18H25NO5/c1-12-10-19(11-13(2)24-12)17(20)8-15(9-18(21)22)14-4-6-16(23-3)7-5-14/h4-7,12-13,15H,8-11H2,1-3H3,(H,21,22)/t12-,13+,15-/m0/s1. The second-order valence-electron chi connectivity index (χ2n) is 6.33. The lowest BCUT2D eigenvalue weighted by molar-refractivity contribution is -0.144. The van der Waals surface area contributed by atoms with E-state index in [1.807, 2.05) is 26.0 Å². The Bertz CT molecular complexity index is 561. The number of carboxylic acids is 1. The second kappa shape index (κ2) is 8.15. The third-order valence-corrected chi connectivity index (χ3v) is 4.20. The molecular weight excluding hydrogens is 310 g/mol. The highest BCUT2D eigenvalue weighted by Gasteiger charge is 2.28. The van der Waals surface area contributed by atoms with Crippen LogP contribution >= 0.6 is 0 Å². The van der Waals surface area contributed by atoms with Gasteiger partial charge in [0.1, 0.15) is 5.75 Å². The van der Waals surface area contributed by atoms with E-state index in [1.54, 1.807) is 24.1 Å². The molecule has 0 saturated carbocycles. The van der Waals surface area contributed by atoms with Gasteiger partial charge in [0, 0.05) is 25.4 Å². The monoisotopic (exact) mass is 335 g/mol. The van der Waals surface area contributed by atoms with Crippen molar-refractivity contribution in [1.29, 1.82) is 0 Å². The maximum absolute atomic E-state index is 12.6. The van der Waals surface area contributed by atoms with Crippen molar-refractivity contribution < 1.29 is 24.2 Å². The summed E-state index contributed by atoms with van der Waals surface area (Å²) in [4.78, 5) is 25.6. The molecule has 3 atom stereocenters. The molecule has 1 amide bonds. The number of ether oxygens (including phenoxy) is 2. The van der Waals surface area contributed by atoms with Crippen LogP contribution in [0.25, 0.3) is 0 Å². The van der Waals surface area contributed by atoms with Gasteiger partial charge in [-0.15, -0.1) is 0 Å². The van der Waals surface area contributed by atoms with Crippen molar-refractivity contribution in [3.8, 4) is 5.75 Å². The van der Waals surface area contributed by atoms with Crippen LogP contribution in [0.5, 0.6) is 5.75 Å². The van der Waals surface area contributed by atoms with Crippen molar-refractivity contribution in [1.82, 2.24) is 4.90 Å². The van der Waals surface area contributed by atoms with Crippen LogP contribution in [-0.4, -0.2) is 54.3 Å². The highest BCUT2D eigenvalue weighted by molar-refractivity contribution is 5.78. The van der Waals surface area contributed by atoms with E-state index >= 15 is 0 Å². The Labute approximate surface area is 142 Å². The fourth-order valence-electron chi connectivity index (χ4n) is 3.12. The number of carbonyl (C=O) groups excluding carboxylic acids is 1. The Morgan fingerprint density at radius 3 is 2.29 bits per heavy atom. The zero-order valence-electron chi connectivity index (χ0n) is 14.4. The van der Waals surface area contributed by atoms with Gasteiger partial charge in [-0.25, -0.2) is 0 Å². The summed E-state index contributed by atoms with van der Waals surface area (Å²) < 4.78 is 10.8. The first kappa shape index (κ1) is 18.3. The molecule has 1 N–H and O–H groups in total. The van der Waals surface area contributed by atoms with Crippen molar-refractivity contribution in [3.63, 3.8) is 0 Å². The summed E-state index contributed by atoms with van der Waals surface area (Å²) in [5, 5.41) is 9.18. The van der Waals surface area contributed by atoms with E-state index in [2.05, 4.69) is 0 Å². The van der Waals surface area contributed by atoms with Gasteiger partial charge in [0.15, 0.2) is 0 Å². The van der Waals surface area contributed by atoms with Gasteiger partial charge in [-0.2, -0.15) is 0 Å². The van der Waals surface area contributed by atoms with Gasteiger partial charge in [0.2, 0.25) is 5.91 Å². The Morgan fingerprint density at radius 2 is 1.79 bits per heavy atom. The third kappa shape index (κ3) is 4.96. The quantitative estimate of drug-likeness (QED) is 0.863. The summed E-state index contributed by atoms with van der Waals surface area (Å²) in [6.45, 7) is 4.97. The topological polar surface area (TPSA) is 76.1 Å². The summed E-state index contributed by atoms with van der Waals surface area (Å²) in [6.07, 6.45) is 0.0965. The number of carbonyl (C=O) groups is 2. The van der Waals surface area contributed by atoms with Crippen LogP contribution in [0.1, 0.15) is 38.2 Å². The average molecular weight is 335 g/mol. The number of methoxy groups -OCH3 is 1. The molecule has 24 heavy (non-hydrogen) atoms. The van der Waals surface area contributed by atoms with Crippen LogP contribution in [0.3, 0.4) is 0 Å². The van der Waals surface area contributed by atoms with Crippen molar-refractivity contribution >= 4 is 11.9 Å². The molecule has 6 nitrogen and oxygen atoms in total. The van der Waals surface area contributed by atoms with E-state index in [-0.39, 0.29) is 36.9 Å². The van der Waals surface area contributed by atoms with E-state index in [0.29, 0.717) is 18.8 Å². The number of morpholine rings is 1. The van der Waals surface area contributed by atoms with E-state index < -0.39 is 5.97 Å². The van der Waals surface area contributed by atoms with Gasteiger partial charge in [-0.05, 0) is 31.5 Å². The molecule has 2 rings (SSSR count). The summed E-state index contributed by atoms with van der Waals surface area (Å²) in [6, 6.07) is 7.22. The van der Waals surface area contributed by atoms with Crippen LogP contribution in [-0.2, 0) is 14.3 Å². The van der Waals surface area contributed by atoms with Crippen LogP contribution in [0, 0.1) is 0 Å². The number of rotatable bonds is 6. The fraction of sp³-hybridized carbons (Fsp3) is 0.556. The summed E-state index contributed by atoms with van der Waals surface area (Å²) >= 11 is 0. The molecule has 0 bridgehead atoms. The second-order valence-corrected chi connectivity index (χ2v) is 6.33. The highest BCUT2D eigenvalue weighted by atomic mass is 16.5. The Kier molecular flexibility index (Phi) is 6.20. The maximum atomic E-state index is 12.6. The maximum Gasteiger partial charge on any atom is 0.303 e. The number of nitrogens with zero attached hydrogens (tertiary/aromatic N) is 1. The van der Waals surface area contributed by atoms with E-state index in [0.717, 1.165) is 5.56 Å². The summed E-state index contributed by atoms with van der Waals surface area (Å²) in [7, 11) is 1.58. The molecule has 0 aliphatic carbocycles. The number of hydrogen-bond donors (Lipinski definition) is 1. The lowest BCUT2D eigenvalue weighted by Crippen LogP contribution is -2.48. The zero-order valence-corrected chi connectivity index (χ0v) is 14.4. The van der Waals surface area contributed by atoms with Gasteiger partial charge in [0.25, 0.3) is 0 Å². The zero-order chi connectivity index (χ0) is 17.7. The SMILES string of the molecule is COc1ccc([C@H](CC(=O)O)CC(=O)N2C[C@@H](C)O[C@@H](C)C2)cc1. The van der Waals surface area contributed by atoms with Gasteiger partial charge < -0.3 is 19.5 Å². The van der Waals surface area contributed by atoms with Crippen LogP contribution < -0.4 is 4.74 Å². The molecule has 1 heterocycles. The molecule has 0 unspecified atom stereocenters. The van der Waals surface area contributed by atoms with Crippen molar-refractivity contribution in [2.45, 2.75) is 44.8 Å². The van der Waals surface area contributed by atoms with Crippen molar-refractivity contribution in [2.75, 3.05) is 20.2 Å². The minimum Gasteiger partial charge on any atom is -0.497 e. The normalized spacial score (nSPS) is 22.0. The molecule has 132 valence electrons. The van der Waals surface area contributed by atoms with Crippen LogP contribution in [0.15, 0.2) is 24.3 Å². The third-order valence-electron chi connectivity index (χ3n) is 4.20. The number of aliphatic carboxylic acids is 1.